The van der Waals surface area contributed by atoms with Crippen LogP contribution in [0.3, 0.4) is 0 Å². The molecule has 1 aromatic carbocycles. The smallest absolute Gasteiger partial charge is 0.119 e. The predicted octanol–water partition coefficient (Wildman–Crippen LogP) is 2.97. The Labute approximate surface area is 104 Å². The Morgan fingerprint density at radius 1 is 1.35 bits per heavy atom. The third-order valence-corrected chi connectivity index (χ3v) is 3.35. The highest BCUT2D eigenvalue weighted by atomic mass is 16.5. The molecule has 1 aliphatic heterocycles. The quantitative estimate of drug-likeness (QED) is 0.866. The monoisotopic (exact) mass is 233 g/mol. The Bertz CT molecular complexity index is 361. The molecule has 1 saturated heterocycles. The summed E-state index contributed by atoms with van der Waals surface area (Å²) in [4.78, 5) is 0. The molecule has 1 aliphatic rings. The van der Waals surface area contributed by atoms with Gasteiger partial charge in [0.25, 0.3) is 0 Å². The number of benzene rings is 1. The maximum atomic E-state index is 5.89. The Morgan fingerprint density at radius 2 is 2.18 bits per heavy atom. The molecular formula is C15H23NO. The second-order valence-corrected chi connectivity index (χ2v) is 5.95. The number of hydrogen-bond acceptors (Lipinski definition) is 2. The van der Waals surface area contributed by atoms with Gasteiger partial charge in [0.2, 0.25) is 0 Å². The molecule has 1 heterocycles. The van der Waals surface area contributed by atoms with Crippen LogP contribution in [0.2, 0.25) is 0 Å². The highest BCUT2D eigenvalue weighted by Gasteiger charge is 2.16. The first-order valence-electron chi connectivity index (χ1n) is 6.50. The molecular weight excluding hydrogens is 210 g/mol. The zero-order valence-corrected chi connectivity index (χ0v) is 11.1. The van der Waals surface area contributed by atoms with Crippen molar-refractivity contribution < 1.29 is 4.74 Å². The lowest BCUT2D eigenvalue weighted by atomic mass is 9.87. The normalized spacial score (nSPS) is 20.5. The maximum Gasteiger partial charge on any atom is 0.119 e. The first-order valence-corrected chi connectivity index (χ1v) is 6.50. The van der Waals surface area contributed by atoms with Crippen LogP contribution in [0.5, 0.6) is 5.75 Å². The highest BCUT2D eigenvalue weighted by molar-refractivity contribution is 5.32. The van der Waals surface area contributed by atoms with E-state index in [0.717, 1.165) is 25.4 Å². The van der Waals surface area contributed by atoms with Crippen molar-refractivity contribution in [3.63, 3.8) is 0 Å². The van der Waals surface area contributed by atoms with E-state index in [9.17, 15) is 0 Å². The average molecular weight is 233 g/mol. The topological polar surface area (TPSA) is 21.3 Å². The van der Waals surface area contributed by atoms with Crippen molar-refractivity contribution in [2.24, 2.45) is 5.92 Å². The van der Waals surface area contributed by atoms with E-state index in [4.69, 9.17) is 4.74 Å². The van der Waals surface area contributed by atoms with Gasteiger partial charge in [0.05, 0.1) is 6.61 Å². The van der Waals surface area contributed by atoms with Crippen LogP contribution in [0.15, 0.2) is 24.3 Å². The summed E-state index contributed by atoms with van der Waals surface area (Å²) in [5, 5.41) is 3.36. The lowest BCUT2D eigenvalue weighted by molar-refractivity contribution is 0.259. The molecule has 2 rings (SSSR count). The third kappa shape index (κ3) is 3.47. The highest BCUT2D eigenvalue weighted by Crippen LogP contribution is 2.26. The first-order chi connectivity index (χ1) is 8.05. The van der Waals surface area contributed by atoms with Crippen molar-refractivity contribution in [2.75, 3.05) is 19.7 Å². The van der Waals surface area contributed by atoms with E-state index < -0.39 is 0 Å². The Balaban J connectivity index is 1.96. The van der Waals surface area contributed by atoms with Crippen LogP contribution in [0.1, 0.15) is 32.8 Å². The van der Waals surface area contributed by atoms with Gasteiger partial charge in [-0.15, -0.1) is 0 Å². The van der Waals surface area contributed by atoms with E-state index in [1.54, 1.807) is 0 Å². The lowest BCUT2D eigenvalue weighted by Gasteiger charge is -2.20. The van der Waals surface area contributed by atoms with E-state index in [1.807, 2.05) is 0 Å². The maximum absolute atomic E-state index is 5.89. The van der Waals surface area contributed by atoms with Crippen molar-refractivity contribution in [2.45, 2.75) is 32.6 Å². The van der Waals surface area contributed by atoms with Crippen molar-refractivity contribution in [1.29, 1.82) is 0 Å². The Hall–Kier alpha value is -1.02. The Kier molecular flexibility index (Phi) is 3.72. The summed E-state index contributed by atoms with van der Waals surface area (Å²) in [6.45, 7) is 9.75. The van der Waals surface area contributed by atoms with Gasteiger partial charge in [-0.2, -0.15) is 0 Å². The van der Waals surface area contributed by atoms with Gasteiger partial charge in [-0.05, 0) is 36.1 Å². The van der Waals surface area contributed by atoms with Gasteiger partial charge in [0.15, 0.2) is 0 Å². The SMILES string of the molecule is CC(C)(C)c1cccc(OC[C@H]2CCNC2)c1. The van der Waals surface area contributed by atoms with Gasteiger partial charge >= 0.3 is 0 Å². The van der Waals surface area contributed by atoms with E-state index in [2.05, 4.69) is 50.4 Å². The van der Waals surface area contributed by atoms with Gasteiger partial charge in [-0.25, -0.2) is 0 Å². The van der Waals surface area contributed by atoms with Crippen molar-refractivity contribution >= 4 is 0 Å². The molecule has 1 aromatic rings. The van der Waals surface area contributed by atoms with Gasteiger partial charge in [-0.3, -0.25) is 0 Å². The molecule has 2 nitrogen and oxygen atoms in total. The molecule has 0 unspecified atom stereocenters. The Morgan fingerprint density at radius 3 is 2.82 bits per heavy atom. The molecule has 17 heavy (non-hydrogen) atoms. The minimum atomic E-state index is 0.189. The standard InChI is InChI=1S/C15H23NO/c1-15(2,3)13-5-4-6-14(9-13)17-11-12-7-8-16-10-12/h4-6,9,12,16H,7-8,10-11H2,1-3H3/t12-/m0/s1. The summed E-state index contributed by atoms with van der Waals surface area (Å²) in [5.74, 6) is 1.68. The zero-order chi connectivity index (χ0) is 12.3. The summed E-state index contributed by atoms with van der Waals surface area (Å²) < 4.78 is 5.89. The predicted molar refractivity (Wildman–Crippen MR) is 71.6 cm³/mol. The summed E-state index contributed by atoms with van der Waals surface area (Å²) in [6.07, 6.45) is 1.24. The van der Waals surface area contributed by atoms with Crippen LogP contribution in [-0.4, -0.2) is 19.7 Å². The van der Waals surface area contributed by atoms with Crippen molar-refractivity contribution in [3.05, 3.63) is 29.8 Å². The van der Waals surface area contributed by atoms with E-state index in [-0.39, 0.29) is 5.41 Å². The largest absolute Gasteiger partial charge is 0.493 e. The van der Waals surface area contributed by atoms with Crippen LogP contribution in [0.25, 0.3) is 0 Å². The number of rotatable bonds is 3. The fraction of sp³-hybridized carbons (Fsp3) is 0.600. The van der Waals surface area contributed by atoms with Gasteiger partial charge in [0.1, 0.15) is 5.75 Å². The van der Waals surface area contributed by atoms with Gasteiger partial charge < -0.3 is 10.1 Å². The molecule has 0 saturated carbocycles. The summed E-state index contributed by atoms with van der Waals surface area (Å²) in [5.41, 5.74) is 1.52. The van der Waals surface area contributed by atoms with Crippen molar-refractivity contribution in [3.8, 4) is 5.75 Å². The molecule has 0 aliphatic carbocycles. The molecule has 0 amide bonds. The van der Waals surface area contributed by atoms with Crippen LogP contribution in [-0.2, 0) is 5.41 Å². The average Bonchev–Trinajstić information content (AvgIpc) is 2.78. The number of ether oxygens (including phenoxy) is 1. The fourth-order valence-electron chi connectivity index (χ4n) is 2.12. The minimum Gasteiger partial charge on any atom is -0.493 e. The van der Waals surface area contributed by atoms with Gasteiger partial charge in [-0.1, -0.05) is 32.9 Å². The molecule has 1 atom stereocenters. The molecule has 0 spiro atoms. The van der Waals surface area contributed by atoms with Crippen LogP contribution in [0, 0.1) is 5.92 Å². The molecule has 2 heteroatoms. The number of nitrogens with one attached hydrogen (secondary N) is 1. The molecule has 0 radical (unpaired) electrons. The van der Waals surface area contributed by atoms with E-state index >= 15 is 0 Å². The van der Waals surface area contributed by atoms with E-state index in [1.165, 1.54) is 12.0 Å². The first kappa shape index (κ1) is 12.4. The second kappa shape index (κ2) is 5.09. The molecule has 0 bridgehead atoms. The third-order valence-electron chi connectivity index (χ3n) is 3.35. The molecule has 94 valence electrons. The van der Waals surface area contributed by atoms with Gasteiger partial charge in [0, 0.05) is 12.5 Å². The molecule has 0 aromatic heterocycles. The second-order valence-electron chi connectivity index (χ2n) is 5.95. The van der Waals surface area contributed by atoms with Crippen LogP contribution < -0.4 is 10.1 Å². The molecule has 1 fully saturated rings. The zero-order valence-electron chi connectivity index (χ0n) is 11.1. The van der Waals surface area contributed by atoms with Crippen LogP contribution >= 0.6 is 0 Å². The van der Waals surface area contributed by atoms with Crippen molar-refractivity contribution in [1.82, 2.24) is 5.32 Å². The lowest BCUT2D eigenvalue weighted by Crippen LogP contribution is -2.16. The minimum absolute atomic E-state index is 0.189. The fourth-order valence-corrected chi connectivity index (χ4v) is 2.12. The molecule has 1 N–H and O–H groups in total. The summed E-state index contributed by atoms with van der Waals surface area (Å²) in [7, 11) is 0. The van der Waals surface area contributed by atoms with E-state index in [0.29, 0.717) is 5.92 Å². The van der Waals surface area contributed by atoms with Crippen LogP contribution in [0.4, 0.5) is 0 Å². The number of hydrogen-bond donors (Lipinski definition) is 1. The summed E-state index contributed by atoms with van der Waals surface area (Å²) >= 11 is 0. The summed E-state index contributed by atoms with van der Waals surface area (Å²) in [6, 6.07) is 8.48.